The quantitative estimate of drug-likeness (QED) is 0.189. The molecule has 4 fully saturated rings. The second kappa shape index (κ2) is 17.6. The van der Waals surface area contributed by atoms with E-state index in [1.807, 2.05) is 56.3 Å². The maximum Gasteiger partial charge on any atom is 0.167 e. The summed E-state index contributed by atoms with van der Waals surface area (Å²) in [6.07, 6.45) is 15.0. The van der Waals surface area contributed by atoms with Gasteiger partial charge in [-0.3, -0.25) is 19.4 Å². The summed E-state index contributed by atoms with van der Waals surface area (Å²) in [6, 6.07) is 27.8. The Kier molecular flexibility index (Phi) is 12.7. The average Bonchev–Trinajstić information content (AvgIpc) is 3.94. The van der Waals surface area contributed by atoms with Gasteiger partial charge in [-0.1, -0.05) is 93.6 Å². The Bertz CT molecular complexity index is 1840. The third-order valence-corrected chi connectivity index (χ3v) is 11.9. The van der Waals surface area contributed by atoms with Crippen LogP contribution in [0.25, 0.3) is 21.5 Å². The van der Waals surface area contributed by atoms with Gasteiger partial charge in [0.1, 0.15) is 0 Å². The largest absolute Gasteiger partial charge is 0.300 e. The average molecular weight is 684 g/mol. The number of hydrogen-bond donors (Lipinski definition) is 0. The van der Waals surface area contributed by atoms with E-state index in [0.29, 0.717) is 17.4 Å². The van der Waals surface area contributed by atoms with Gasteiger partial charge in [-0.2, -0.15) is 5.26 Å². The van der Waals surface area contributed by atoms with Crippen molar-refractivity contribution in [2.75, 3.05) is 26.2 Å². The molecule has 51 heavy (non-hydrogen) atoms. The summed E-state index contributed by atoms with van der Waals surface area (Å²) < 4.78 is 0. The molecular formula is C46H57N3O2. The first kappa shape index (κ1) is 36.9. The summed E-state index contributed by atoms with van der Waals surface area (Å²) in [6.45, 7) is 10.3. The highest BCUT2D eigenvalue weighted by Crippen LogP contribution is 2.31. The van der Waals surface area contributed by atoms with Crippen molar-refractivity contribution < 1.29 is 9.59 Å². The van der Waals surface area contributed by atoms with E-state index in [9.17, 15) is 9.59 Å². The molecule has 2 saturated carbocycles. The van der Waals surface area contributed by atoms with Crippen LogP contribution in [0, 0.1) is 30.1 Å². The van der Waals surface area contributed by atoms with E-state index in [-0.39, 0.29) is 17.6 Å². The Hall–Kier alpha value is -3.85. The first-order valence-electron chi connectivity index (χ1n) is 20.0. The molecule has 0 radical (unpaired) electrons. The molecule has 2 unspecified atom stereocenters. The second-order valence-corrected chi connectivity index (χ2v) is 15.2. The number of ketones is 2. The van der Waals surface area contributed by atoms with Crippen molar-refractivity contribution in [1.29, 1.82) is 5.26 Å². The molecule has 2 saturated heterocycles. The van der Waals surface area contributed by atoms with Crippen molar-refractivity contribution in [3.05, 3.63) is 95.1 Å². The molecule has 4 aliphatic rings. The molecule has 2 aliphatic carbocycles. The number of likely N-dealkylation sites (tertiary alicyclic amines) is 2. The number of nitriles is 1. The van der Waals surface area contributed by atoms with Gasteiger partial charge >= 0.3 is 0 Å². The van der Waals surface area contributed by atoms with E-state index in [4.69, 9.17) is 5.26 Å². The number of benzene rings is 4. The molecule has 0 bridgehead atoms. The highest BCUT2D eigenvalue weighted by atomic mass is 16.1. The second-order valence-electron chi connectivity index (χ2n) is 15.2. The van der Waals surface area contributed by atoms with Crippen molar-refractivity contribution in [1.82, 2.24) is 9.80 Å². The number of piperidine rings is 2. The summed E-state index contributed by atoms with van der Waals surface area (Å²) in [7, 11) is 0. The topological polar surface area (TPSA) is 64.4 Å². The molecule has 0 aromatic heterocycles. The Balaban J connectivity index is 0.000000168. The molecule has 8 rings (SSSR count). The van der Waals surface area contributed by atoms with Crippen LogP contribution in [0.4, 0.5) is 0 Å². The van der Waals surface area contributed by atoms with Gasteiger partial charge in [0.15, 0.2) is 11.6 Å². The first-order valence-corrected chi connectivity index (χ1v) is 20.0. The molecule has 0 amide bonds. The SMILES string of the molecule is CC.Cc1ccc2cc(C(=O)C3CCCN(C4CCCC4)C3)ccc2c1.N#Cc1ccc2cc(C(=O)C3CCCN(C4CCCC4)C3)ccc2c1. The van der Waals surface area contributed by atoms with E-state index in [1.54, 1.807) is 0 Å². The predicted molar refractivity (Wildman–Crippen MR) is 210 cm³/mol. The Morgan fingerprint density at radius 3 is 1.49 bits per heavy atom. The number of hydrogen-bond acceptors (Lipinski definition) is 5. The molecule has 2 heterocycles. The van der Waals surface area contributed by atoms with Gasteiger partial charge in [-0.05, 0) is 117 Å². The van der Waals surface area contributed by atoms with Gasteiger partial charge < -0.3 is 0 Å². The standard InChI is InChI=1S/C22H24N2O.C22H27NO.C2H6/c23-14-16-7-8-18-13-19(10-9-17(18)12-16)22(25)20-4-3-11-24(15-20)21-5-1-2-6-21;1-16-8-9-18-14-19(11-10-17(18)13-16)22(24)20-5-4-12-23(15-20)21-6-2-3-7-21;1-2/h7-10,12-13,20-21H,1-6,11,15H2;8-11,13-14,20-21H,2-7,12,15H2,1H3;1-2H3. The van der Waals surface area contributed by atoms with Crippen LogP contribution in [0.5, 0.6) is 0 Å². The smallest absolute Gasteiger partial charge is 0.167 e. The van der Waals surface area contributed by atoms with Gasteiger partial charge in [0.05, 0.1) is 11.6 Å². The summed E-state index contributed by atoms with van der Waals surface area (Å²) >= 11 is 0. The van der Waals surface area contributed by atoms with Crippen molar-refractivity contribution in [2.45, 2.75) is 110 Å². The normalized spacial score (nSPS) is 21.8. The van der Waals surface area contributed by atoms with Crippen LogP contribution in [0.2, 0.25) is 0 Å². The molecule has 4 aromatic carbocycles. The van der Waals surface area contributed by atoms with E-state index >= 15 is 0 Å². The lowest BCUT2D eigenvalue weighted by atomic mass is 9.88. The lowest BCUT2D eigenvalue weighted by Crippen LogP contribution is -2.43. The number of carbonyl (C=O) groups is 2. The lowest BCUT2D eigenvalue weighted by molar-refractivity contribution is 0.0751. The van der Waals surface area contributed by atoms with Crippen LogP contribution in [-0.4, -0.2) is 59.6 Å². The molecule has 5 heteroatoms. The van der Waals surface area contributed by atoms with E-state index in [0.717, 1.165) is 66.8 Å². The van der Waals surface area contributed by atoms with Crippen LogP contribution in [-0.2, 0) is 0 Å². The third kappa shape index (κ3) is 8.97. The molecule has 5 nitrogen and oxygen atoms in total. The Morgan fingerprint density at radius 2 is 1.00 bits per heavy atom. The van der Waals surface area contributed by atoms with E-state index < -0.39 is 0 Å². The van der Waals surface area contributed by atoms with Gasteiger partial charge in [-0.15, -0.1) is 0 Å². The zero-order chi connectivity index (χ0) is 35.7. The molecule has 0 N–H and O–H groups in total. The van der Waals surface area contributed by atoms with Gasteiger partial charge in [0.2, 0.25) is 0 Å². The van der Waals surface area contributed by atoms with Crippen molar-refractivity contribution >= 4 is 33.1 Å². The van der Waals surface area contributed by atoms with Gasteiger partial charge in [-0.25, -0.2) is 0 Å². The minimum atomic E-state index is 0.130. The summed E-state index contributed by atoms with van der Waals surface area (Å²) in [5.74, 6) is 0.946. The highest BCUT2D eigenvalue weighted by molar-refractivity contribution is 6.02. The maximum absolute atomic E-state index is 13.0. The molecule has 2 aliphatic heterocycles. The number of fused-ring (bicyclic) bond motifs is 2. The number of rotatable bonds is 6. The van der Waals surface area contributed by atoms with E-state index in [1.165, 1.54) is 80.7 Å². The molecule has 268 valence electrons. The van der Waals surface area contributed by atoms with Crippen LogP contribution in [0.15, 0.2) is 72.8 Å². The van der Waals surface area contributed by atoms with Crippen molar-refractivity contribution in [3.63, 3.8) is 0 Å². The first-order chi connectivity index (χ1) is 24.9. The summed E-state index contributed by atoms with van der Waals surface area (Å²) in [4.78, 5) is 31.3. The van der Waals surface area contributed by atoms with Crippen LogP contribution < -0.4 is 0 Å². The zero-order valence-electron chi connectivity index (χ0n) is 31.2. The molecular weight excluding hydrogens is 627 g/mol. The molecule has 0 spiro atoms. The van der Waals surface area contributed by atoms with Crippen LogP contribution >= 0.6 is 0 Å². The van der Waals surface area contributed by atoms with Crippen LogP contribution in [0.3, 0.4) is 0 Å². The Labute approximate surface area is 306 Å². The summed E-state index contributed by atoms with van der Waals surface area (Å²) in [5.41, 5.74) is 3.63. The fourth-order valence-corrected chi connectivity index (χ4v) is 9.10. The monoisotopic (exact) mass is 683 g/mol. The fraction of sp³-hybridized carbons (Fsp3) is 0.500. The number of aryl methyl sites for hydroxylation is 1. The molecule has 2 atom stereocenters. The number of carbonyl (C=O) groups excluding carboxylic acids is 2. The number of nitrogens with zero attached hydrogens (tertiary/aromatic N) is 3. The maximum atomic E-state index is 13.0. The third-order valence-electron chi connectivity index (χ3n) is 11.9. The van der Waals surface area contributed by atoms with E-state index in [2.05, 4.69) is 53.1 Å². The minimum Gasteiger partial charge on any atom is -0.300 e. The fourth-order valence-electron chi connectivity index (χ4n) is 9.10. The number of Topliss-reactive ketones (excluding diaryl/α,β-unsaturated/α-hetero) is 2. The van der Waals surface area contributed by atoms with Crippen molar-refractivity contribution in [3.8, 4) is 6.07 Å². The zero-order valence-corrected chi connectivity index (χ0v) is 31.2. The van der Waals surface area contributed by atoms with Crippen LogP contribution in [0.1, 0.15) is 123 Å². The molecule has 4 aromatic rings. The van der Waals surface area contributed by atoms with Gasteiger partial charge in [0.25, 0.3) is 0 Å². The minimum absolute atomic E-state index is 0.130. The summed E-state index contributed by atoms with van der Waals surface area (Å²) in [5, 5.41) is 13.5. The van der Waals surface area contributed by atoms with Crippen molar-refractivity contribution in [2.24, 2.45) is 11.8 Å². The highest BCUT2D eigenvalue weighted by Gasteiger charge is 2.33. The predicted octanol–water partition coefficient (Wildman–Crippen LogP) is 10.6. The van der Waals surface area contributed by atoms with Gasteiger partial charge in [0, 0.05) is 48.1 Å². The lowest BCUT2D eigenvalue weighted by Gasteiger charge is -2.36. The Morgan fingerprint density at radius 1 is 0.569 bits per heavy atom.